The summed E-state index contributed by atoms with van der Waals surface area (Å²) >= 11 is 0. The van der Waals surface area contributed by atoms with Crippen LogP contribution in [0.1, 0.15) is 25.8 Å². The van der Waals surface area contributed by atoms with E-state index in [0.717, 1.165) is 39.1 Å². The maximum absolute atomic E-state index is 11.4. The third kappa shape index (κ3) is 5.07. The predicted octanol–water partition coefficient (Wildman–Crippen LogP) is 2.23. The van der Waals surface area contributed by atoms with E-state index in [4.69, 9.17) is 9.47 Å². The van der Waals surface area contributed by atoms with Crippen LogP contribution in [-0.2, 0) is 6.42 Å². The largest absolute Gasteiger partial charge is 0.493 e. The van der Waals surface area contributed by atoms with Crippen molar-refractivity contribution in [3.63, 3.8) is 0 Å². The van der Waals surface area contributed by atoms with Gasteiger partial charge in [0.25, 0.3) is 5.69 Å². The standard InChI is InChI=1S/C17H27N3O4/c1-13(2)24-17-11-14(15(20(21)22)12-16(17)23-3)5-4-8-19-9-6-18-7-10-19/h11-13,18H,4-10H2,1-3H3. The van der Waals surface area contributed by atoms with Crippen LogP contribution in [0.3, 0.4) is 0 Å². The zero-order chi connectivity index (χ0) is 17.5. The highest BCUT2D eigenvalue weighted by Gasteiger charge is 2.20. The lowest BCUT2D eigenvalue weighted by Gasteiger charge is -2.27. The number of hydrogen-bond donors (Lipinski definition) is 1. The Labute approximate surface area is 143 Å². The zero-order valence-electron chi connectivity index (χ0n) is 14.7. The second-order valence-electron chi connectivity index (χ2n) is 6.25. The molecular formula is C17H27N3O4. The van der Waals surface area contributed by atoms with Crippen molar-refractivity contribution >= 4 is 5.69 Å². The van der Waals surface area contributed by atoms with Crippen LogP contribution < -0.4 is 14.8 Å². The molecule has 1 aliphatic heterocycles. The lowest BCUT2D eigenvalue weighted by atomic mass is 10.1. The van der Waals surface area contributed by atoms with Gasteiger partial charge in [0.2, 0.25) is 0 Å². The van der Waals surface area contributed by atoms with Gasteiger partial charge in [-0.15, -0.1) is 0 Å². The van der Waals surface area contributed by atoms with Gasteiger partial charge in [0, 0.05) is 31.7 Å². The fraction of sp³-hybridized carbons (Fsp3) is 0.647. The number of nitrogens with one attached hydrogen (secondary N) is 1. The molecule has 0 spiro atoms. The second-order valence-corrected chi connectivity index (χ2v) is 6.25. The lowest BCUT2D eigenvalue weighted by Crippen LogP contribution is -2.43. The number of benzene rings is 1. The van der Waals surface area contributed by atoms with Crippen molar-refractivity contribution in [1.82, 2.24) is 10.2 Å². The quantitative estimate of drug-likeness (QED) is 0.579. The Kier molecular flexibility index (Phi) is 6.81. The van der Waals surface area contributed by atoms with E-state index in [9.17, 15) is 10.1 Å². The Morgan fingerprint density at radius 1 is 1.29 bits per heavy atom. The highest BCUT2D eigenvalue weighted by molar-refractivity contribution is 5.54. The summed E-state index contributed by atoms with van der Waals surface area (Å²) in [5.41, 5.74) is 0.801. The molecule has 0 amide bonds. The smallest absolute Gasteiger partial charge is 0.276 e. The van der Waals surface area contributed by atoms with Crippen LogP contribution in [0.25, 0.3) is 0 Å². The number of methoxy groups -OCH3 is 1. The zero-order valence-corrected chi connectivity index (χ0v) is 14.7. The van der Waals surface area contributed by atoms with Crippen molar-refractivity contribution < 1.29 is 14.4 Å². The van der Waals surface area contributed by atoms with Crippen LogP contribution in [0.5, 0.6) is 11.5 Å². The molecule has 7 nitrogen and oxygen atoms in total. The topological polar surface area (TPSA) is 76.9 Å². The minimum atomic E-state index is -0.345. The molecule has 1 aromatic rings. The Bertz CT molecular complexity index is 557. The van der Waals surface area contributed by atoms with Crippen molar-refractivity contribution in [2.45, 2.75) is 32.8 Å². The predicted molar refractivity (Wildman–Crippen MR) is 93.0 cm³/mol. The van der Waals surface area contributed by atoms with Crippen molar-refractivity contribution in [2.75, 3.05) is 39.8 Å². The average molecular weight is 337 g/mol. The maximum atomic E-state index is 11.4. The number of piperazine rings is 1. The van der Waals surface area contributed by atoms with Gasteiger partial charge in [-0.3, -0.25) is 10.1 Å². The van der Waals surface area contributed by atoms with Crippen molar-refractivity contribution in [3.05, 3.63) is 27.8 Å². The van der Waals surface area contributed by atoms with E-state index in [0.29, 0.717) is 23.5 Å². The first kappa shape index (κ1) is 18.5. The van der Waals surface area contributed by atoms with Crippen LogP contribution in [0, 0.1) is 10.1 Å². The van der Waals surface area contributed by atoms with E-state index in [-0.39, 0.29) is 16.7 Å². The summed E-state index contributed by atoms with van der Waals surface area (Å²) in [5, 5.41) is 14.7. The molecule has 1 N–H and O–H groups in total. The first-order chi connectivity index (χ1) is 11.5. The molecular weight excluding hydrogens is 310 g/mol. The van der Waals surface area contributed by atoms with E-state index in [1.807, 2.05) is 13.8 Å². The lowest BCUT2D eigenvalue weighted by molar-refractivity contribution is -0.385. The third-order valence-corrected chi connectivity index (χ3v) is 4.05. The molecule has 134 valence electrons. The molecule has 0 unspecified atom stereocenters. The number of nitrogens with zero attached hydrogens (tertiary/aromatic N) is 2. The van der Waals surface area contributed by atoms with Crippen molar-refractivity contribution in [1.29, 1.82) is 0 Å². The van der Waals surface area contributed by atoms with Gasteiger partial charge in [-0.1, -0.05) is 0 Å². The Balaban J connectivity index is 2.11. The van der Waals surface area contributed by atoms with Gasteiger partial charge in [-0.2, -0.15) is 0 Å². The summed E-state index contributed by atoms with van der Waals surface area (Å²) in [6, 6.07) is 3.23. The number of aryl methyl sites for hydroxylation is 1. The molecule has 1 aliphatic rings. The maximum Gasteiger partial charge on any atom is 0.276 e. The molecule has 2 rings (SSSR count). The summed E-state index contributed by atoms with van der Waals surface area (Å²) in [6.07, 6.45) is 1.52. The molecule has 0 atom stereocenters. The molecule has 1 heterocycles. The van der Waals surface area contributed by atoms with E-state index < -0.39 is 0 Å². The van der Waals surface area contributed by atoms with Crippen LogP contribution in [0.2, 0.25) is 0 Å². The molecule has 0 aromatic heterocycles. The molecule has 24 heavy (non-hydrogen) atoms. The van der Waals surface area contributed by atoms with Crippen LogP contribution >= 0.6 is 0 Å². The summed E-state index contributed by atoms with van der Waals surface area (Å²) in [5.74, 6) is 0.969. The molecule has 7 heteroatoms. The monoisotopic (exact) mass is 337 g/mol. The Hall–Kier alpha value is -1.86. The molecule has 0 saturated carbocycles. The Morgan fingerprint density at radius 2 is 2.00 bits per heavy atom. The van der Waals surface area contributed by atoms with Crippen molar-refractivity contribution in [3.8, 4) is 11.5 Å². The molecule has 0 aliphatic carbocycles. The SMILES string of the molecule is COc1cc([N+](=O)[O-])c(CCCN2CCNCC2)cc1OC(C)C. The normalized spacial score (nSPS) is 15.5. The molecule has 1 fully saturated rings. The van der Waals surface area contributed by atoms with Gasteiger partial charge in [0.1, 0.15) is 0 Å². The highest BCUT2D eigenvalue weighted by Crippen LogP contribution is 2.35. The summed E-state index contributed by atoms with van der Waals surface area (Å²) in [7, 11) is 1.50. The third-order valence-electron chi connectivity index (χ3n) is 4.05. The van der Waals surface area contributed by atoms with Gasteiger partial charge in [0.05, 0.1) is 24.2 Å². The number of hydrogen-bond acceptors (Lipinski definition) is 6. The molecule has 0 radical (unpaired) electrons. The molecule has 1 aromatic carbocycles. The van der Waals surface area contributed by atoms with Gasteiger partial charge in [-0.25, -0.2) is 0 Å². The summed E-state index contributed by atoms with van der Waals surface area (Å²) < 4.78 is 11.0. The number of ether oxygens (including phenoxy) is 2. The highest BCUT2D eigenvalue weighted by atomic mass is 16.6. The van der Waals surface area contributed by atoms with E-state index in [1.54, 1.807) is 6.07 Å². The molecule has 0 bridgehead atoms. The van der Waals surface area contributed by atoms with Crippen LogP contribution in [-0.4, -0.2) is 55.8 Å². The van der Waals surface area contributed by atoms with Gasteiger partial charge >= 0.3 is 0 Å². The average Bonchev–Trinajstić information content (AvgIpc) is 2.55. The molecule has 1 saturated heterocycles. The Morgan fingerprint density at radius 3 is 2.58 bits per heavy atom. The van der Waals surface area contributed by atoms with Gasteiger partial charge in [0.15, 0.2) is 11.5 Å². The number of nitro groups is 1. The fourth-order valence-corrected chi connectivity index (χ4v) is 2.89. The first-order valence-electron chi connectivity index (χ1n) is 8.46. The summed E-state index contributed by atoms with van der Waals surface area (Å²) in [6.45, 7) is 8.88. The number of nitro benzene ring substituents is 1. The van der Waals surface area contributed by atoms with E-state index in [1.165, 1.54) is 13.2 Å². The van der Waals surface area contributed by atoms with Crippen LogP contribution in [0.4, 0.5) is 5.69 Å². The second kappa shape index (κ2) is 8.84. The summed E-state index contributed by atoms with van der Waals surface area (Å²) in [4.78, 5) is 13.4. The van der Waals surface area contributed by atoms with E-state index >= 15 is 0 Å². The minimum absolute atomic E-state index is 0.0194. The van der Waals surface area contributed by atoms with E-state index in [2.05, 4.69) is 10.2 Å². The van der Waals surface area contributed by atoms with Crippen molar-refractivity contribution in [2.24, 2.45) is 0 Å². The van der Waals surface area contributed by atoms with Gasteiger partial charge < -0.3 is 19.7 Å². The number of rotatable bonds is 8. The fourth-order valence-electron chi connectivity index (χ4n) is 2.89. The van der Waals surface area contributed by atoms with Gasteiger partial charge in [-0.05, 0) is 39.3 Å². The van der Waals surface area contributed by atoms with Crippen LogP contribution in [0.15, 0.2) is 12.1 Å². The minimum Gasteiger partial charge on any atom is -0.493 e. The first-order valence-corrected chi connectivity index (χ1v) is 8.46.